The van der Waals surface area contributed by atoms with Gasteiger partial charge in [-0.3, -0.25) is 4.90 Å². The van der Waals surface area contributed by atoms with Crippen LogP contribution in [-0.2, 0) is 6.54 Å². The summed E-state index contributed by atoms with van der Waals surface area (Å²) in [6.45, 7) is 3.93. The first-order chi connectivity index (χ1) is 9.70. The van der Waals surface area contributed by atoms with Crippen molar-refractivity contribution < 1.29 is 4.39 Å². The van der Waals surface area contributed by atoms with E-state index >= 15 is 0 Å². The first-order valence-corrected chi connectivity index (χ1v) is 7.98. The molecule has 2 fully saturated rings. The number of rotatable bonds is 5. The summed E-state index contributed by atoms with van der Waals surface area (Å²) in [5, 5.41) is 4.28. The molecular weight excluding hydrogens is 310 g/mol. The highest BCUT2D eigenvalue weighted by molar-refractivity contribution is 6.30. The van der Waals surface area contributed by atoms with Crippen molar-refractivity contribution in [3.63, 3.8) is 0 Å². The van der Waals surface area contributed by atoms with E-state index in [-0.39, 0.29) is 18.2 Å². The minimum Gasteiger partial charge on any atom is -0.314 e. The number of nitrogens with one attached hydrogen (secondary N) is 1. The number of halogens is 3. The van der Waals surface area contributed by atoms with Gasteiger partial charge in [0.1, 0.15) is 5.82 Å². The van der Waals surface area contributed by atoms with E-state index in [1.54, 1.807) is 12.1 Å². The number of nitrogens with zero attached hydrogens (tertiary/aromatic N) is 1. The molecule has 1 saturated carbocycles. The number of hydrogen-bond acceptors (Lipinski definition) is 2. The average molecular weight is 333 g/mol. The van der Waals surface area contributed by atoms with Crippen LogP contribution in [-0.4, -0.2) is 30.6 Å². The molecule has 2 nitrogen and oxygen atoms in total. The Morgan fingerprint density at radius 1 is 1.19 bits per heavy atom. The molecule has 0 bridgehead atoms. The van der Waals surface area contributed by atoms with E-state index in [2.05, 4.69) is 10.2 Å². The highest BCUT2D eigenvalue weighted by Gasteiger charge is 2.24. The second-order valence-electron chi connectivity index (χ2n) is 6.14. The summed E-state index contributed by atoms with van der Waals surface area (Å²) in [7, 11) is 0. The molecule has 1 aromatic rings. The summed E-state index contributed by atoms with van der Waals surface area (Å²) in [6, 6.07) is 5.46. The molecule has 1 aliphatic heterocycles. The van der Waals surface area contributed by atoms with Crippen LogP contribution in [0.3, 0.4) is 0 Å². The Morgan fingerprint density at radius 2 is 1.90 bits per heavy atom. The Hall–Kier alpha value is -0.350. The smallest absolute Gasteiger partial charge is 0.127 e. The quantitative estimate of drug-likeness (QED) is 0.880. The monoisotopic (exact) mass is 332 g/mol. The van der Waals surface area contributed by atoms with Gasteiger partial charge in [0.2, 0.25) is 0 Å². The normalized spacial score (nSPS) is 20.3. The van der Waals surface area contributed by atoms with Crippen LogP contribution in [0.4, 0.5) is 4.39 Å². The Bertz CT molecular complexity index is 458. The van der Waals surface area contributed by atoms with Crippen molar-refractivity contribution in [1.82, 2.24) is 10.2 Å². The molecule has 5 heteroatoms. The lowest BCUT2D eigenvalue weighted by atomic mass is 10.0. The van der Waals surface area contributed by atoms with Gasteiger partial charge in [0.25, 0.3) is 0 Å². The number of benzene rings is 1. The number of likely N-dealkylation sites (tertiary alicyclic amines) is 1. The maximum Gasteiger partial charge on any atom is 0.127 e. The van der Waals surface area contributed by atoms with Crippen LogP contribution in [0, 0.1) is 11.7 Å². The van der Waals surface area contributed by atoms with Crippen LogP contribution in [0.2, 0.25) is 5.02 Å². The summed E-state index contributed by atoms with van der Waals surface area (Å²) >= 11 is 5.94. The summed E-state index contributed by atoms with van der Waals surface area (Å²) in [5.41, 5.74) is 0.710. The lowest BCUT2D eigenvalue weighted by molar-refractivity contribution is 0.188. The molecule has 1 N–H and O–H groups in total. The maximum atomic E-state index is 13.7. The molecule has 21 heavy (non-hydrogen) atoms. The maximum absolute atomic E-state index is 13.7. The van der Waals surface area contributed by atoms with Crippen LogP contribution in [0.1, 0.15) is 31.2 Å². The lowest BCUT2D eigenvalue weighted by Crippen LogP contribution is -2.42. The predicted molar refractivity (Wildman–Crippen MR) is 87.7 cm³/mol. The van der Waals surface area contributed by atoms with E-state index < -0.39 is 0 Å². The molecule has 1 heterocycles. The molecule has 1 saturated heterocycles. The Labute approximate surface area is 137 Å². The van der Waals surface area contributed by atoms with Crippen molar-refractivity contribution in [3.05, 3.63) is 34.6 Å². The van der Waals surface area contributed by atoms with Gasteiger partial charge in [-0.2, -0.15) is 0 Å². The van der Waals surface area contributed by atoms with Crippen LogP contribution < -0.4 is 5.32 Å². The van der Waals surface area contributed by atoms with Gasteiger partial charge in [-0.25, -0.2) is 4.39 Å². The minimum absolute atomic E-state index is 0. The SMILES string of the molecule is Cl.Fc1ccc(Cl)cc1CN1CCC(NCC2CC2)CC1. The largest absolute Gasteiger partial charge is 0.314 e. The van der Waals surface area contributed by atoms with E-state index in [9.17, 15) is 4.39 Å². The third kappa shape index (κ3) is 5.10. The molecule has 2 aliphatic rings. The van der Waals surface area contributed by atoms with Gasteiger partial charge in [-0.05, 0) is 69.4 Å². The fraction of sp³-hybridized carbons (Fsp3) is 0.625. The van der Waals surface area contributed by atoms with Crippen molar-refractivity contribution in [2.75, 3.05) is 19.6 Å². The van der Waals surface area contributed by atoms with Gasteiger partial charge in [0.05, 0.1) is 0 Å². The van der Waals surface area contributed by atoms with E-state index in [0.717, 1.165) is 31.8 Å². The molecule has 3 rings (SSSR count). The van der Waals surface area contributed by atoms with E-state index in [1.165, 1.54) is 25.5 Å². The highest BCUT2D eigenvalue weighted by atomic mass is 35.5. The zero-order valence-corrected chi connectivity index (χ0v) is 13.7. The van der Waals surface area contributed by atoms with Crippen molar-refractivity contribution in [3.8, 4) is 0 Å². The van der Waals surface area contributed by atoms with Crippen molar-refractivity contribution >= 4 is 24.0 Å². The summed E-state index contributed by atoms with van der Waals surface area (Å²) in [5.74, 6) is 0.789. The van der Waals surface area contributed by atoms with Crippen molar-refractivity contribution in [2.45, 2.75) is 38.3 Å². The molecule has 0 unspecified atom stereocenters. The highest BCUT2D eigenvalue weighted by Crippen LogP contribution is 2.28. The minimum atomic E-state index is -0.150. The zero-order valence-electron chi connectivity index (χ0n) is 12.2. The molecule has 1 aromatic carbocycles. The molecule has 1 aliphatic carbocycles. The number of hydrogen-bond donors (Lipinski definition) is 1. The third-order valence-corrected chi connectivity index (χ3v) is 4.62. The van der Waals surface area contributed by atoms with Gasteiger partial charge >= 0.3 is 0 Å². The molecular formula is C16H23Cl2FN2. The van der Waals surface area contributed by atoms with E-state index in [1.807, 2.05) is 0 Å². The first-order valence-electron chi connectivity index (χ1n) is 7.60. The summed E-state index contributed by atoms with van der Waals surface area (Å²) in [4.78, 5) is 2.32. The van der Waals surface area contributed by atoms with Gasteiger partial charge in [0, 0.05) is 23.2 Å². The fourth-order valence-corrected chi connectivity index (χ4v) is 3.05. The van der Waals surface area contributed by atoms with Gasteiger partial charge in [0.15, 0.2) is 0 Å². The van der Waals surface area contributed by atoms with Crippen molar-refractivity contribution in [2.24, 2.45) is 5.92 Å². The summed E-state index contributed by atoms with van der Waals surface area (Å²) in [6.07, 6.45) is 5.13. The zero-order chi connectivity index (χ0) is 13.9. The molecule has 0 spiro atoms. The second-order valence-corrected chi connectivity index (χ2v) is 6.57. The van der Waals surface area contributed by atoms with E-state index in [0.29, 0.717) is 23.2 Å². The van der Waals surface area contributed by atoms with Gasteiger partial charge in [-0.15, -0.1) is 12.4 Å². The molecule has 0 atom stereocenters. The summed E-state index contributed by atoms with van der Waals surface area (Å²) < 4.78 is 13.7. The standard InChI is InChI=1S/C16H22ClFN2.ClH/c17-14-3-4-16(18)13(9-14)11-20-7-5-15(6-8-20)19-10-12-1-2-12;/h3-4,9,12,15,19H,1-2,5-8,10-11H2;1H. The average Bonchev–Trinajstić information content (AvgIpc) is 3.26. The fourth-order valence-electron chi connectivity index (χ4n) is 2.86. The van der Waals surface area contributed by atoms with Crippen LogP contribution in [0.15, 0.2) is 18.2 Å². The van der Waals surface area contributed by atoms with E-state index in [4.69, 9.17) is 11.6 Å². The molecule has 0 radical (unpaired) electrons. The molecule has 0 aromatic heterocycles. The van der Waals surface area contributed by atoms with Crippen LogP contribution in [0.5, 0.6) is 0 Å². The van der Waals surface area contributed by atoms with Gasteiger partial charge in [-0.1, -0.05) is 11.6 Å². The Morgan fingerprint density at radius 3 is 2.57 bits per heavy atom. The lowest BCUT2D eigenvalue weighted by Gasteiger charge is -2.32. The Balaban J connectivity index is 0.00000161. The van der Waals surface area contributed by atoms with Crippen molar-refractivity contribution in [1.29, 1.82) is 0 Å². The van der Waals surface area contributed by atoms with Crippen LogP contribution in [0.25, 0.3) is 0 Å². The van der Waals surface area contributed by atoms with Gasteiger partial charge < -0.3 is 5.32 Å². The second kappa shape index (κ2) is 7.77. The Kier molecular flexibility index (Phi) is 6.30. The molecule has 118 valence electrons. The predicted octanol–water partition coefficient (Wildman–Crippen LogP) is 3.86. The topological polar surface area (TPSA) is 15.3 Å². The first kappa shape index (κ1) is 17.0. The number of piperidine rings is 1. The third-order valence-electron chi connectivity index (χ3n) is 4.38. The molecule has 0 amide bonds. The van der Waals surface area contributed by atoms with Crippen LogP contribution >= 0.6 is 24.0 Å².